The highest BCUT2D eigenvalue weighted by molar-refractivity contribution is 8.00. The van der Waals surface area contributed by atoms with Gasteiger partial charge in [0.05, 0.1) is 16.6 Å². The summed E-state index contributed by atoms with van der Waals surface area (Å²) in [6.07, 6.45) is 5.34. The molecule has 24 heavy (non-hydrogen) atoms. The second-order valence-corrected chi connectivity index (χ2v) is 7.35. The van der Waals surface area contributed by atoms with Crippen molar-refractivity contribution in [2.75, 3.05) is 23.3 Å². The van der Waals surface area contributed by atoms with Gasteiger partial charge in [-0.05, 0) is 38.3 Å². The third kappa shape index (κ3) is 3.90. The normalized spacial score (nSPS) is 16.0. The lowest BCUT2D eigenvalue weighted by molar-refractivity contribution is -0.115. The number of carbonyl (C=O) groups is 1. The van der Waals surface area contributed by atoms with Crippen LogP contribution in [0, 0.1) is 0 Å². The molecule has 1 amide bonds. The lowest BCUT2D eigenvalue weighted by Crippen LogP contribution is -2.31. The molecule has 1 fully saturated rings. The van der Waals surface area contributed by atoms with Gasteiger partial charge in [-0.25, -0.2) is 0 Å². The molecule has 1 aromatic carbocycles. The Bertz CT molecular complexity index is 696. The van der Waals surface area contributed by atoms with Crippen molar-refractivity contribution in [3.8, 4) is 0 Å². The van der Waals surface area contributed by atoms with Gasteiger partial charge in [0.1, 0.15) is 6.33 Å². The minimum Gasteiger partial charge on any atom is -0.370 e. The fourth-order valence-corrected chi connectivity index (χ4v) is 3.61. The molecule has 1 N–H and O–H groups in total. The number of hydrogen-bond acceptors (Lipinski definition) is 5. The average Bonchev–Trinajstić information content (AvgIpc) is 3.01. The van der Waals surface area contributed by atoms with Crippen molar-refractivity contribution in [1.82, 2.24) is 14.8 Å². The molecular formula is C17H23N5OS. The Balaban J connectivity index is 1.68. The van der Waals surface area contributed by atoms with E-state index in [0.717, 1.165) is 29.6 Å². The summed E-state index contributed by atoms with van der Waals surface area (Å²) in [6, 6.07) is 8.05. The van der Waals surface area contributed by atoms with Crippen molar-refractivity contribution in [3.05, 3.63) is 30.6 Å². The summed E-state index contributed by atoms with van der Waals surface area (Å²) in [6.45, 7) is 3.99. The first-order valence-corrected chi connectivity index (χ1v) is 9.18. The standard InChI is InChI=1S/C17H23N5OS/c1-13(24-17-20-18-12-21(17)2)16(23)19-14-8-4-5-9-15(14)22-10-6-3-7-11-22/h4-5,8-9,12-13H,3,6-7,10-11H2,1-2H3,(H,19,23)/t13-/m0/s1. The topological polar surface area (TPSA) is 63.1 Å². The molecule has 2 aromatic rings. The first kappa shape index (κ1) is 16.8. The van der Waals surface area contributed by atoms with E-state index in [9.17, 15) is 4.79 Å². The molecule has 0 saturated carbocycles. The smallest absolute Gasteiger partial charge is 0.237 e. The van der Waals surface area contributed by atoms with Crippen LogP contribution in [0.2, 0.25) is 0 Å². The van der Waals surface area contributed by atoms with Gasteiger partial charge in [-0.2, -0.15) is 0 Å². The Kier molecular flexibility index (Phi) is 5.40. The van der Waals surface area contributed by atoms with E-state index in [0.29, 0.717) is 0 Å². The number of aryl methyl sites for hydroxylation is 1. The Morgan fingerprint density at radius 3 is 2.71 bits per heavy atom. The molecule has 1 aliphatic rings. The van der Waals surface area contributed by atoms with Crippen LogP contribution in [0.25, 0.3) is 0 Å². The Morgan fingerprint density at radius 2 is 2.00 bits per heavy atom. The number of hydrogen-bond donors (Lipinski definition) is 1. The number of aromatic nitrogens is 3. The zero-order valence-corrected chi connectivity index (χ0v) is 14.9. The van der Waals surface area contributed by atoms with Gasteiger partial charge in [-0.1, -0.05) is 23.9 Å². The van der Waals surface area contributed by atoms with E-state index in [1.54, 1.807) is 6.33 Å². The van der Waals surface area contributed by atoms with Gasteiger partial charge in [-0.15, -0.1) is 10.2 Å². The van der Waals surface area contributed by atoms with Gasteiger partial charge >= 0.3 is 0 Å². The number of para-hydroxylation sites is 2. The number of benzene rings is 1. The average molecular weight is 345 g/mol. The summed E-state index contributed by atoms with van der Waals surface area (Å²) in [5.41, 5.74) is 2.00. The summed E-state index contributed by atoms with van der Waals surface area (Å²) >= 11 is 1.41. The van der Waals surface area contributed by atoms with Gasteiger partial charge in [-0.3, -0.25) is 4.79 Å². The number of nitrogens with zero attached hydrogens (tertiary/aromatic N) is 4. The van der Waals surface area contributed by atoms with Crippen molar-refractivity contribution in [3.63, 3.8) is 0 Å². The van der Waals surface area contributed by atoms with Gasteiger partial charge < -0.3 is 14.8 Å². The van der Waals surface area contributed by atoms with E-state index in [1.165, 1.54) is 31.0 Å². The molecular weight excluding hydrogens is 322 g/mol. The highest BCUT2D eigenvalue weighted by atomic mass is 32.2. The number of piperidine rings is 1. The number of thioether (sulfide) groups is 1. The molecule has 7 heteroatoms. The lowest BCUT2D eigenvalue weighted by atomic mass is 10.1. The fraction of sp³-hybridized carbons (Fsp3) is 0.471. The maximum Gasteiger partial charge on any atom is 0.237 e. The predicted molar refractivity (Wildman–Crippen MR) is 97.5 cm³/mol. The van der Waals surface area contributed by atoms with E-state index < -0.39 is 0 Å². The van der Waals surface area contributed by atoms with Gasteiger partial charge in [0.25, 0.3) is 0 Å². The van der Waals surface area contributed by atoms with Gasteiger partial charge in [0.15, 0.2) is 5.16 Å². The van der Waals surface area contributed by atoms with Crippen LogP contribution in [-0.4, -0.2) is 39.0 Å². The molecule has 1 aromatic heterocycles. The van der Waals surface area contributed by atoms with Crippen molar-refractivity contribution in [2.24, 2.45) is 7.05 Å². The second kappa shape index (κ2) is 7.70. The fourth-order valence-electron chi connectivity index (χ4n) is 2.82. The predicted octanol–water partition coefficient (Wildman–Crippen LogP) is 2.92. The highest BCUT2D eigenvalue weighted by Gasteiger charge is 2.20. The Hall–Kier alpha value is -2.02. The van der Waals surface area contributed by atoms with Crippen molar-refractivity contribution >= 4 is 29.0 Å². The third-order valence-electron chi connectivity index (χ3n) is 4.18. The SMILES string of the molecule is C[C@H](Sc1nncn1C)C(=O)Nc1ccccc1N1CCCCC1. The number of rotatable bonds is 5. The van der Waals surface area contributed by atoms with E-state index in [2.05, 4.69) is 26.5 Å². The first-order chi connectivity index (χ1) is 11.6. The van der Waals surface area contributed by atoms with Crippen LogP contribution < -0.4 is 10.2 Å². The maximum absolute atomic E-state index is 12.6. The van der Waals surface area contributed by atoms with Gasteiger partial charge in [0.2, 0.25) is 5.91 Å². The van der Waals surface area contributed by atoms with E-state index in [-0.39, 0.29) is 11.2 Å². The molecule has 0 aliphatic carbocycles. The van der Waals surface area contributed by atoms with Crippen molar-refractivity contribution in [1.29, 1.82) is 0 Å². The molecule has 1 saturated heterocycles. The van der Waals surface area contributed by atoms with Crippen LogP contribution in [0.15, 0.2) is 35.7 Å². The van der Waals surface area contributed by atoms with Crippen LogP contribution in [0.5, 0.6) is 0 Å². The molecule has 0 radical (unpaired) electrons. The number of amides is 1. The Morgan fingerprint density at radius 1 is 1.25 bits per heavy atom. The summed E-state index contributed by atoms with van der Waals surface area (Å²) in [5.74, 6) is -0.0209. The van der Waals surface area contributed by atoms with Crippen LogP contribution in [0.4, 0.5) is 11.4 Å². The molecule has 3 rings (SSSR count). The molecule has 0 spiro atoms. The number of nitrogens with one attached hydrogen (secondary N) is 1. The monoisotopic (exact) mass is 345 g/mol. The van der Waals surface area contributed by atoms with Crippen molar-refractivity contribution < 1.29 is 4.79 Å². The summed E-state index contributed by atoms with van der Waals surface area (Å²) in [4.78, 5) is 14.9. The summed E-state index contributed by atoms with van der Waals surface area (Å²) in [7, 11) is 1.87. The van der Waals surface area contributed by atoms with Crippen LogP contribution in [0.1, 0.15) is 26.2 Å². The number of carbonyl (C=O) groups excluding carboxylic acids is 1. The molecule has 0 unspecified atom stereocenters. The van der Waals surface area contributed by atoms with E-state index >= 15 is 0 Å². The largest absolute Gasteiger partial charge is 0.370 e. The summed E-state index contributed by atoms with van der Waals surface area (Å²) in [5, 5.41) is 11.4. The highest BCUT2D eigenvalue weighted by Crippen LogP contribution is 2.29. The minimum atomic E-state index is -0.248. The van der Waals surface area contributed by atoms with Crippen LogP contribution >= 0.6 is 11.8 Å². The molecule has 0 bridgehead atoms. The quantitative estimate of drug-likeness (QED) is 0.844. The van der Waals surface area contributed by atoms with Gasteiger partial charge in [0, 0.05) is 20.1 Å². The number of anilines is 2. The lowest BCUT2D eigenvalue weighted by Gasteiger charge is -2.30. The van der Waals surface area contributed by atoms with E-state index in [4.69, 9.17) is 0 Å². The zero-order valence-electron chi connectivity index (χ0n) is 14.1. The first-order valence-electron chi connectivity index (χ1n) is 8.30. The van der Waals surface area contributed by atoms with Crippen LogP contribution in [0.3, 0.4) is 0 Å². The molecule has 6 nitrogen and oxygen atoms in total. The van der Waals surface area contributed by atoms with E-state index in [1.807, 2.05) is 36.7 Å². The second-order valence-electron chi connectivity index (χ2n) is 6.04. The molecule has 1 atom stereocenters. The maximum atomic E-state index is 12.6. The Labute approximate surface area is 146 Å². The molecule has 2 heterocycles. The van der Waals surface area contributed by atoms with Crippen LogP contribution in [-0.2, 0) is 11.8 Å². The molecule has 128 valence electrons. The third-order valence-corrected chi connectivity index (χ3v) is 5.33. The van der Waals surface area contributed by atoms with Crippen molar-refractivity contribution in [2.45, 2.75) is 36.6 Å². The minimum absolute atomic E-state index is 0.0209. The zero-order chi connectivity index (χ0) is 16.9. The summed E-state index contributed by atoms with van der Waals surface area (Å²) < 4.78 is 1.82. The molecule has 1 aliphatic heterocycles.